The minimum absolute atomic E-state index is 0.382. The predicted octanol–water partition coefficient (Wildman–Crippen LogP) is 3.35. The quantitative estimate of drug-likeness (QED) is 0.815. The third-order valence-electron chi connectivity index (χ3n) is 3.54. The van der Waals surface area contributed by atoms with Crippen molar-refractivity contribution in [2.24, 2.45) is 11.3 Å². The highest BCUT2D eigenvalue weighted by Gasteiger charge is 2.30. The molecule has 0 aromatic carbocycles. The van der Waals surface area contributed by atoms with Crippen molar-refractivity contribution in [1.82, 2.24) is 4.98 Å². The molecule has 3 heteroatoms. The smallest absolute Gasteiger partial charge is 0.121 e. The fraction of sp³-hybridized carbons (Fsp3) is 0.769. The largest absolute Gasteiger partial charge is 0.386 e. The molecule has 1 heterocycles. The van der Waals surface area contributed by atoms with E-state index in [1.807, 2.05) is 0 Å². The molecular formula is C13H21NOS. The Hall–Kier alpha value is -0.410. The van der Waals surface area contributed by atoms with Crippen LogP contribution in [0.2, 0.25) is 0 Å². The lowest BCUT2D eigenvalue weighted by Gasteiger charge is -2.33. The number of nitrogens with zero attached hydrogens (tertiary/aromatic N) is 1. The van der Waals surface area contributed by atoms with Gasteiger partial charge in [-0.1, -0.05) is 20.8 Å². The van der Waals surface area contributed by atoms with Crippen molar-refractivity contribution in [2.75, 3.05) is 0 Å². The van der Waals surface area contributed by atoms with Crippen LogP contribution in [0.5, 0.6) is 0 Å². The second kappa shape index (κ2) is 4.11. The molecule has 0 fully saturated rings. The number of fused-ring (bicyclic) bond motifs is 1. The molecule has 0 spiro atoms. The number of rotatable bonds is 1. The Morgan fingerprint density at radius 3 is 2.69 bits per heavy atom. The van der Waals surface area contributed by atoms with Crippen molar-refractivity contribution in [3.05, 3.63) is 15.6 Å². The molecule has 0 aliphatic heterocycles. The summed E-state index contributed by atoms with van der Waals surface area (Å²) in [5, 5.41) is 10.4. The summed E-state index contributed by atoms with van der Waals surface area (Å²) in [6, 6.07) is 0. The molecule has 0 saturated heterocycles. The molecule has 90 valence electrons. The molecule has 2 unspecified atom stereocenters. The zero-order valence-corrected chi connectivity index (χ0v) is 11.4. The fourth-order valence-electron chi connectivity index (χ4n) is 2.31. The molecule has 16 heavy (non-hydrogen) atoms. The van der Waals surface area contributed by atoms with Gasteiger partial charge in [0, 0.05) is 4.88 Å². The van der Waals surface area contributed by atoms with Crippen molar-refractivity contribution in [2.45, 2.75) is 53.1 Å². The van der Waals surface area contributed by atoms with E-state index in [1.54, 1.807) is 18.3 Å². The van der Waals surface area contributed by atoms with Gasteiger partial charge in [0.05, 0.1) is 5.69 Å². The van der Waals surface area contributed by atoms with Crippen LogP contribution in [0.15, 0.2) is 0 Å². The molecule has 1 aliphatic carbocycles. The van der Waals surface area contributed by atoms with E-state index in [2.05, 4.69) is 25.8 Å². The minimum Gasteiger partial charge on any atom is -0.386 e. The van der Waals surface area contributed by atoms with Crippen LogP contribution < -0.4 is 0 Å². The highest BCUT2D eigenvalue weighted by Crippen LogP contribution is 2.39. The van der Waals surface area contributed by atoms with E-state index in [0.29, 0.717) is 5.41 Å². The number of thiazole rings is 1. The maximum atomic E-state index is 9.55. The van der Waals surface area contributed by atoms with Crippen LogP contribution in [-0.4, -0.2) is 10.1 Å². The highest BCUT2D eigenvalue weighted by molar-refractivity contribution is 7.11. The molecule has 0 bridgehead atoms. The Morgan fingerprint density at radius 1 is 1.44 bits per heavy atom. The molecule has 1 N–H and O–H groups in total. The van der Waals surface area contributed by atoms with Gasteiger partial charge in [-0.05, 0) is 37.5 Å². The molecule has 1 aromatic rings. The Morgan fingerprint density at radius 2 is 2.12 bits per heavy atom. The second-order valence-corrected chi connectivity index (χ2v) is 7.02. The number of hydrogen-bond acceptors (Lipinski definition) is 3. The standard InChI is InChI=1S/C13H21NOS/c1-8(15)12-14-10-6-5-9(13(2,3)4)7-11(10)16-12/h8-9,15H,5-7H2,1-4H3. The first-order valence-electron chi connectivity index (χ1n) is 6.04. The zero-order valence-electron chi connectivity index (χ0n) is 10.6. The van der Waals surface area contributed by atoms with Gasteiger partial charge < -0.3 is 5.11 Å². The summed E-state index contributed by atoms with van der Waals surface area (Å²) in [6.45, 7) is 8.75. The van der Waals surface area contributed by atoms with E-state index in [-0.39, 0.29) is 0 Å². The van der Waals surface area contributed by atoms with Gasteiger partial charge in [-0.25, -0.2) is 4.98 Å². The maximum absolute atomic E-state index is 9.55. The van der Waals surface area contributed by atoms with Crippen LogP contribution in [-0.2, 0) is 12.8 Å². The third-order valence-corrected chi connectivity index (χ3v) is 4.83. The highest BCUT2D eigenvalue weighted by atomic mass is 32.1. The lowest BCUT2D eigenvalue weighted by atomic mass is 9.73. The summed E-state index contributed by atoms with van der Waals surface area (Å²) in [5.74, 6) is 0.752. The van der Waals surface area contributed by atoms with Crippen molar-refractivity contribution in [3.8, 4) is 0 Å². The number of aliphatic hydroxyl groups excluding tert-OH is 1. The summed E-state index contributed by atoms with van der Waals surface area (Å²) >= 11 is 1.70. The first kappa shape index (κ1) is 12.1. The van der Waals surface area contributed by atoms with Crippen LogP contribution in [0.1, 0.15) is 55.8 Å². The van der Waals surface area contributed by atoms with Crippen molar-refractivity contribution in [3.63, 3.8) is 0 Å². The topological polar surface area (TPSA) is 33.1 Å². The summed E-state index contributed by atoms with van der Waals surface area (Å²) in [7, 11) is 0. The number of aliphatic hydroxyl groups is 1. The summed E-state index contributed by atoms with van der Waals surface area (Å²) in [6.07, 6.45) is 3.05. The fourth-order valence-corrected chi connectivity index (χ4v) is 3.44. The van der Waals surface area contributed by atoms with Gasteiger partial charge >= 0.3 is 0 Å². The van der Waals surface area contributed by atoms with Crippen molar-refractivity contribution < 1.29 is 5.11 Å². The molecule has 1 aromatic heterocycles. The molecule has 0 saturated carbocycles. The molecule has 2 nitrogen and oxygen atoms in total. The van der Waals surface area contributed by atoms with Gasteiger partial charge in [0.25, 0.3) is 0 Å². The van der Waals surface area contributed by atoms with Gasteiger partial charge in [0.2, 0.25) is 0 Å². The predicted molar refractivity (Wildman–Crippen MR) is 67.7 cm³/mol. The lowest BCUT2D eigenvalue weighted by molar-refractivity contribution is 0.198. The normalized spacial score (nSPS) is 22.9. The van der Waals surface area contributed by atoms with E-state index in [0.717, 1.165) is 23.8 Å². The summed E-state index contributed by atoms with van der Waals surface area (Å²) in [4.78, 5) is 5.94. The number of aromatic nitrogens is 1. The SMILES string of the molecule is CC(O)c1nc2c(s1)CC(C(C)(C)C)CC2. The van der Waals surface area contributed by atoms with Gasteiger partial charge in [-0.3, -0.25) is 0 Å². The van der Waals surface area contributed by atoms with E-state index in [1.165, 1.54) is 17.0 Å². The Bertz CT molecular complexity index is 376. The minimum atomic E-state index is -0.413. The third kappa shape index (κ3) is 2.30. The van der Waals surface area contributed by atoms with E-state index < -0.39 is 6.10 Å². The molecule has 2 rings (SSSR count). The lowest BCUT2D eigenvalue weighted by Crippen LogP contribution is -2.26. The van der Waals surface area contributed by atoms with Crippen molar-refractivity contribution in [1.29, 1.82) is 0 Å². The van der Waals surface area contributed by atoms with E-state index in [9.17, 15) is 5.11 Å². The van der Waals surface area contributed by atoms with E-state index >= 15 is 0 Å². The zero-order chi connectivity index (χ0) is 11.9. The molecule has 0 radical (unpaired) electrons. The van der Waals surface area contributed by atoms with Crippen LogP contribution in [0.3, 0.4) is 0 Å². The van der Waals surface area contributed by atoms with Crippen LogP contribution >= 0.6 is 11.3 Å². The molecule has 2 atom stereocenters. The Kier molecular flexibility index (Phi) is 3.10. The second-order valence-electron chi connectivity index (χ2n) is 5.90. The summed E-state index contributed by atoms with van der Waals surface area (Å²) in [5.41, 5.74) is 1.62. The van der Waals surface area contributed by atoms with Gasteiger partial charge in [-0.15, -0.1) is 11.3 Å². The number of aryl methyl sites for hydroxylation is 1. The molecular weight excluding hydrogens is 218 g/mol. The Labute approximate surface area is 102 Å². The average molecular weight is 239 g/mol. The first-order chi connectivity index (χ1) is 7.38. The maximum Gasteiger partial charge on any atom is 0.121 e. The first-order valence-corrected chi connectivity index (χ1v) is 6.86. The monoisotopic (exact) mass is 239 g/mol. The van der Waals surface area contributed by atoms with E-state index in [4.69, 9.17) is 0 Å². The Balaban J connectivity index is 2.21. The van der Waals surface area contributed by atoms with Crippen molar-refractivity contribution >= 4 is 11.3 Å². The van der Waals surface area contributed by atoms with Gasteiger partial charge in [-0.2, -0.15) is 0 Å². The average Bonchev–Trinajstić information content (AvgIpc) is 2.58. The van der Waals surface area contributed by atoms with Crippen LogP contribution in [0.25, 0.3) is 0 Å². The molecule has 1 aliphatic rings. The van der Waals surface area contributed by atoms with Crippen LogP contribution in [0.4, 0.5) is 0 Å². The summed E-state index contributed by atoms with van der Waals surface area (Å²) < 4.78 is 0. The molecule has 0 amide bonds. The van der Waals surface area contributed by atoms with Gasteiger partial charge in [0.15, 0.2) is 0 Å². The van der Waals surface area contributed by atoms with Gasteiger partial charge in [0.1, 0.15) is 11.1 Å². The van der Waals surface area contributed by atoms with Crippen LogP contribution in [0, 0.1) is 11.3 Å². The number of hydrogen-bond donors (Lipinski definition) is 1.